The third-order valence-corrected chi connectivity index (χ3v) is 3.95. The van der Waals surface area contributed by atoms with Gasteiger partial charge in [-0.2, -0.15) is 0 Å². The quantitative estimate of drug-likeness (QED) is 0.380. The van der Waals surface area contributed by atoms with Crippen molar-refractivity contribution in [1.82, 2.24) is 0 Å². The number of rotatable bonds is 2. The summed E-state index contributed by atoms with van der Waals surface area (Å²) >= 11 is 3.35. The number of carbonyl (C=O) groups is 1. The van der Waals surface area contributed by atoms with Gasteiger partial charge in [-0.1, -0.05) is 28.1 Å². The SMILES string of the molecule is Cc1ccc(C)c(OC(=O)c2cc3cc(Br)ccc3oc2=O)c1. The van der Waals surface area contributed by atoms with Crippen molar-refractivity contribution in [3.8, 4) is 5.75 Å². The summed E-state index contributed by atoms with van der Waals surface area (Å²) in [5.74, 6) is -0.293. The first-order valence-corrected chi connectivity index (χ1v) is 7.76. The number of ether oxygens (including phenoxy) is 1. The smallest absolute Gasteiger partial charge is 0.351 e. The number of halogens is 1. The first kappa shape index (κ1) is 15.5. The molecule has 1 heterocycles. The van der Waals surface area contributed by atoms with Gasteiger partial charge in [-0.25, -0.2) is 9.59 Å². The number of hydrogen-bond donors (Lipinski definition) is 0. The molecule has 0 aliphatic heterocycles. The van der Waals surface area contributed by atoms with Gasteiger partial charge in [0.05, 0.1) is 0 Å². The van der Waals surface area contributed by atoms with Crippen LogP contribution in [-0.4, -0.2) is 5.97 Å². The van der Waals surface area contributed by atoms with Crippen LogP contribution in [0.5, 0.6) is 5.75 Å². The van der Waals surface area contributed by atoms with Crippen LogP contribution in [0.15, 0.2) is 56.1 Å². The van der Waals surface area contributed by atoms with Crippen molar-refractivity contribution in [2.24, 2.45) is 0 Å². The molecule has 0 aliphatic carbocycles. The number of benzene rings is 2. The van der Waals surface area contributed by atoms with Crippen LogP contribution in [0.1, 0.15) is 21.5 Å². The van der Waals surface area contributed by atoms with E-state index in [-0.39, 0.29) is 5.56 Å². The molecule has 0 spiro atoms. The van der Waals surface area contributed by atoms with E-state index in [1.807, 2.05) is 26.0 Å². The lowest BCUT2D eigenvalue weighted by Crippen LogP contribution is -2.19. The second-order valence-electron chi connectivity index (χ2n) is 5.29. The van der Waals surface area contributed by atoms with Crippen molar-refractivity contribution in [2.45, 2.75) is 13.8 Å². The molecular weight excluding hydrogens is 360 g/mol. The fraction of sp³-hybridized carbons (Fsp3) is 0.111. The van der Waals surface area contributed by atoms with Gasteiger partial charge >= 0.3 is 11.6 Å². The molecule has 1 aromatic heterocycles. The Morgan fingerprint density at radius 3 is 2.65 bits per heavy atom. The van der Waals surface area contributed by atoms with Crippen LogP contribution in [0.25, 0.3) is 11.0 Å². The van der Waals surface area contributed by atoms with Crippen LogP contribution in [0.2, 0.25) is 0 Å². The van der Waals surface area contributed by atoms with Crippen molar-refractivity contribution in [3.63, 3.8) is 0 Å². The van der Waals surface area contributed by atoms with Gasteiger partial charge in [0.25, 0.3) is 0 Å². The summed E-state index contributed by atoms with van der Waals surface area (Å²) in [5, 5.41) is 0.645. The van der Waals surface area contributed by atoms with Gasteiger partial charge in [-0.05, 0) is 55.3 Å². The van der Waals surface area contributed by atoms with Crippen molar-refractivity contribution >= 4 is 32.9 Å². The normalized spacial score (nSPS) is 10.7. The molecule has 4 nitrogen and oxygen atoms in total. The molecule has 116 valence electrons. The molecule has 0 saturated carbocycles. The van der Waals surface area contributed by atoms with Gasteiger partial charge in [0, 0.05) is 9.86 Å². The molecule has 0 saturated heterocycles. The van der Waals surface area contributed by atoms with Crippen molar-refractivity contribution < 1.29 is 13.9 Å². The fourth-order valence-corrected chi connectivity index (χ4v) is 2.59. The van der Waals surface area contributed by atoms with E-state index in [0.717, 1.165) is 15.6 Å². The second kappa shape index (κ2) is 6.01. The Balaban J connectivity index is 2.02. The largest absolute Gasteiger partial charge is 0.422 e. The summed E-state index contributed by atoms with van der Waals surface area (Å²) in [6, 6.07) is 12.2. The summed E-state index contributed by atoms with van der Waals surface area (Å²) in [4.78, 5) is 24.4. The van der Waals surface area contributed by atoms with E-state index < -0.39 is 11.6 Å². The maximum Gasteiger partial charge on any atom is 0.351 e. The number of aryl methyl sites for hydroxylation is 2. The second-order valence-corrected chi connectivity index (χ2v) is 6.20. The number of fused-ring (bicyclic) bond motifs is 1. The summed E-state index contributed by atoms with van der Waals surface area (Å²) in [7, 11) is 0. The third kappa shape index (κ3) is 3.19. The topological polar surface area (TPSA) is 56.5 Å². The van der Waals surface area contributed by atoms with Gasteiger partial charge in [-0.15, -0.1) is 0 Å². The summed E-state index contributed by atoms with van der Waals surface area (Å²) in [6.07, 6.45) is 0. The number of esters is 1. The molecule has 23 heavy (non-hydrogen) atoms. The first-order chi connectivity index (χ1) is 10.9. The molecule has 0 unspecified atom stereocenters. The van der Waals surface area contributed by atoms with E-state index in [9.17, 15) is 9.59 Å². The molecule has 0 fully saturated rings. The zero-order valence-electron chi connectivity index (χ0n) is 12.6. The number of hydrogen-bond acceptors (Lipinski definition) is 4. The number of carbonyl (C=O) groups excluding carboxylic acids is 1. The van der Waals surface area contributed by atoms with Crippen LogP contribution in [0.4, 0.5) is 0 Å². The zero-order chi connectivity index (χ0) is 16.6. The van der Waals surface area contributed by atoms with E-state index in [1.165, 1.54) is 6.07 Å². The van der Waals surface area contributed by atoms with Crippen LogP contribution in [0.3, 0.4) is 0 Å². The van der Waals surface area contributed by atoms with Gasteiger partial charge in [0.2, 0.25) is 0 Å². The average molecular weight is 373 g/mol. The van der Waals surface area contributed by atoms with Crippen molar-refractivity contribution in [1.29, 1.82) is 0 Å². The third-order valence-electron chi connectivity index (χ3n) is 3.46. The Labute approximate surface area is 140 Å². The Morgan fingerprint density at radius 1 is 1.09 bits per heavy atom. The maximum absolute atomic E-state index is 12.3. The molecule has 0 N–H and O–H groups in total. The lowest BCUT2D eigenvalue weighted by molar-refractivity contribution is 0.0729. The fourth-order valence-electron chi connectivity index (χ4n) is 2.21. The Bertz CT molecular complexity index is 972. The Kier molecular flexibility index (Phi) is 4.05. The van der Waals surface area contributed by atoms with Crippen LogP contribution in [-0.2, 0) is 0 Å². The Morgan fingerprint density at radius 2 is 1.87 bits per heavy atom. The summed E-state index contributed by atoms with van der Waals surface area (Å²) < 4.78 is 11.4. The predicted molar refractivity (Wildman–Crippen MR) is 91.1 cm³/mol. The van der Waals surface area contributed by atoms with Gasteiger partial charge in [-0.3, -0.25) is 0 Å². The molecule has 5 heteroatoms. The molecule has 3 rings (SSSR count). The van der Waals surface area contributed by atoms with Gasteiger partial charge < -0.3 is 9.15 Å². The highest BCUT2D eigenvalue weighted by Gasteiger charge is 2.17. The summed E-state index contributed by atoms with van der Waals surface area (Å²) in [6.45, 7) is 3.74. The van der Waals surface area contributed by atoms with Crippen molar-refractivity contribution in [3.05, 3.63) is 74.0 Å². The lowest BCUT2D eigenvalue weighted by atomic mass is 10.1. The summed E-state index contributed by atoms with van der Waals surface area (Å²) in [5.41, 5.74) is 1.36. The molecule has 3 aromatic rings. The van der Waals surface area contributed by atoms with E-state index in [4.69, 9.17) is 9.15 Å². The average Bonchev–Trinajstić information content (AvgIpc) is 2.50. The van der Waals surface area contributed by atoms with E-state index >= 15 is 0 Å². The zero-order valence-corrected chi connectivity index (χ0v) is 14.1. The molecule has 0 amide bonds. The van der Waals surface area contributed by atoms with E-state index in [1.54, 1.807) is 24.3 Å². The molecular formula is C18H13BrO4. The lowest BCUT2D eigenvalue weighted by Gasteiger charge is -2.08. The highest BCUT2D eigenvalue weighted by molar-refractivity contribution is 9.10. The molecule has 2 aromatic carbocycles. The predicted octanol–water partition coefficient (Wildman–Crippen LogP) is 4.39. The van der Waals surface area contributed by atoms with Crippen LogP contribution in [0, 0.1) is 13.8 Å². The minimum absolute atomic E-state index is 0.128. The standard InChI is InChI=1S/C18H13BrO4/c1-10-3-4-11(2)16(7-10)23-18(21)14-9-12-8-13(19)5-6-15(12)22-17(14)20/h3-9H,1-2H3. The molecule has 0 radical (unpaired) electrons. The molecule has 0 bridgehead atoms. The maximum atomic E-state index is 12.3. The highest BCUT2D eigenvalue weighted by Crippen LogP contribution is 2.22. The van der Waals surface area contributed by atoms with Crippen LogP contribution < -0.4 is 10.4 Å². The van der Waals surface area contributed by atoms with Gasteiger partial charge in [0.1, 0.15) is 16.9 Å². The van der Waals surface area contributed by atoms with E-state index in [0.29, 0.717) is 16.7 Å². The van der Waals surface area contributed by atoms with Crippen molar-refractivity contribution in [2.75, 3.05) is 0 Å². The Hall–Kier alpha value is -2.40. The highest BCUT2D eigenvalue weighted by atomic mass is 79.9. The molecule has 0 atom stereocenters. The minimum atomic E-state index is -0.727. The van der Waals surface area contributed by atoms with E-state index in [2.05, 4.69) is 15.9 Å². The minimum Gasteiger partial charge on any atom is -0.422 e. The monoisotopic (exact) mass is 372 g/mol. The first-order valence-electron chi connectivity index (χ1n) is 6.97. The molecule has 0 aliphatic rings. The van der Waals surface area contributed by atoms with Gasteiger partial charge in [0.15, 0.2) is 0 Å². The van der Waals surface area contributed by atoms with Crippen LogP contribution >= 0.6 is 15.9 Å².